The van der Waals surface area contributed by atoms with Crippen molar-refractivity contribution in [2.75, 3.05) is 24.3 Å². The molecule has 3 rings (SSSR count). The van der Waals surface area contributed by atoms with Gasteiger partial charge in [-0.15, -0.1) is 0 Å². The van der Waals surface area contributed by atoms with Gasteiger partial charge in [-0.25, -0.2) is 9.37 Å². The largest absolute Gasteiger partial charge is 0.403 e. The summed E-state index contributed by atoms with van der Waals surface area (Å²) in [5.41, 5.74) is 8.33. The van der Waals surface area contributed by atoms with Crippen LogP contribution in [-0.4, -0.2) is 46.4 Å². The molecule has 1 amide bonds. The van der Waals surface area contributed by atoms with E-state index < -0.39 is 5.82 Å². The van der Waals surface area contributed by atoms with E-state index >= 15 is 0 Å². The average molecular weight is 452 g/mol. The first-order valence-corrected chi connectivity index (χ1v) is 10.2. The maximum atomic E-state index is 14.7. The standard InChI is InChI=1S/C23H26FN7O2/c1-5-21(32)28-16-6-7-20-18(8-16)14(2)13-31(20)22-19(24)12-27-23(30-22)29-17(9-25)11-26-10-15(3)33-4/h5-9,11-13,15H,1,10,25H2,2-4H3,(H,28,32)(H,27,29,30)/b17-9+,26-11?/t15-/m1/s1. The minimum absolute atomic E-state index is 0.0372. The molecule has 2 heterocycles. The van der Waals surface area contributed by atoms with Gasteiger partial charge in [-0.1, -0.05) is 6.58 Å². The molecule has 1 atom stereocenters. The summed E-state index contributed by atoms with van der Waals surface area (Å²) in [7, 11) is 1.61. The van der Waals surface area contributed by atoms with Crippen molar-refractivity contribution in [3.8, 4) is 5.82 Å². The van der Waals surface area contributed by atoms with Gasteiger partial charge in [0, 0.05) is 36.8 Å². The second-order valence-corrected chi connectivity index (χ2v) is 7.26. The average Bonchev–Trinajstić information content (AvgIpc) is 3.14. The molecule has 0 saturated carbocycles. The molecule has 3 aromatic rings. The molecule has 0 saturated heterocycles. The van der Waals surface area contributed by atoms with Crippen LogP contribution in [0, 0.1) is 12.7 Å². The van der Waals surface area contributed by atoms with Crippen LogP contribution in [0.3, 0.4) is 0 Å². The lowest BCUT2D eigenvalue weighted by Gasteiger charge is -2.10. The zero-order chi connectivity index (χ0) is 24.0. The van der Waals surface area contributed by atoms with Crippen molar-refractivity contribution >= 4 is 34.7 Å². The SMILES string of the molecule is C=CC(=O)Nc1ccc2c(c1)c(C)cn2-c1nc(N/C(C=NC[C@@H](C)OC)=C/N)ncc1F. The van der Waals surface area contributed by atoms with Crippen LogP contribution in [0.4, 0.5) is 16.0 Å². The normalized spacial score (nSPS) is 12.8. The second kappa shape index (κ2) is 10.5. The van der Waals surface area contributed by atoms with Crippen LogP contribution < -0.4 is 16.4 Å². The first-order valence-electron chi connectivity index (χ1n) is 10.2. The van der Waals surface area contributed by atoms with Crippen molar-refractivity contribution in [2.24, 2.45) is 10.7 Å². The highest BCUT2D eigenvalue weighted by Crippen LogP contribution is 2.28. The first kappa shape index (κ1) is 23.6. The summed E-state index contributed by atoms with van der Waals surface area (Å²) in [6.07, 6.45) is 6.87. The van der Waals surface area contributed by atoms with E-state index in [1.807, 2.05) is 19.9 Å². The number of nitrogens with zero attached hydrogens (tertiary/aromatic N) is 4. The van der Waals surface area contributed by atoms with Crippen LogP contribution in [0.2, 0.25) is 0 Å². The Labute approximate surface area is 190 Å². The molecule has 0 radical (unpaired) electrons. The van der Waals surface area contributed by atoms with Crippen molar-refractivity contribution in [1.82, 2.24) is 14.5 Å². The molecule has 0 fully saturated rings. The Hall–Kier alpha value is -4.05. The number of aryl methyl sites for hydroxylation is 1. The van der Waals surface area contributed by atoms with Gasteiger partial charge in [-0.2, -0.15) is 4.98 Å². The summed E-state index contributed by atoms with van der Waals surface area (Å²) >= 11 is 0. The number of allylic oxidation sites excluding steroid dienone is 1. The third-order valence-corrected chi connectivity index (χ3v) is 4.84. The van der Waals surface area contributed by atoms with Gasteiger partial charge in [0.25, 0.3) is 0 Å². The van der Waals surface area contributed by atoms with E-state index in [4.69, 9.17) is 10.5 Å². The van der Waals surface area contributed by atoms with Gasteiger partial charge >= 0.3 is 0 Å². The molecule has 10 heteroatoms. The fourth-order valence-corrected chi connectivity index (χ4v) is 3.05. The van der Waals surface area contributed by atoms with Crippen molar-refractivity contribution in [3.05, 3.63) is 66.5 Å². The molecular weight excluding hydrogens is 425 g/mol. The highest BCUT2D eigenvalue weighted by molar-refractivity contribution is 6.00. The van der Waals surface area contributed by atoms with Gasteiger partial charge in [0.15, 0.2) is 11.6 Å². The van der Waals surface area contributed by atoms with Crippen molar-refractivity contribution in [3.63, 3.8) is 0 Å². The van der Waals surface area contributed by atoms with Crippen LogP contribution in [-0.2, 0) is 9.53 Å². The summed E-state index contributed by atoms with van der Waals surface area (Å²) in [5.74, 6) is -0.686. The lowest BCUT2D eigenvalue weighted by atomic mass is 10.2. The Morgan fingerprint density at radius 2 is 2.21 bits per heavy atom. The highest BCUT2D eigenvalue weighted by atomic mass is 19.1. The number of ether oxygens (including phenoxy) is 1. The molecule has 9 nitrogen and oxygen atoms in total. The number of rotatable bonds is 9. The summed E-state index contributed by atoms with van der Waals surface area (Å²) < 4.78 is 21.5. The number of hydrogen-bond acceptors (Lipinski definition) is 7. The summed E-state index contributed by atoms with van der Waals surface area (Å²) in [4.78, 5) is 24.2. The third-order valence-electron chi connectivity index (χ3n) is 4.84. The second-order valence-electron chi connectivity index (χ2n) is 7.26. The lowest BCUT2D eigenvalue weighted by molar-refractivity contribution is -0.111. The first-order chi connectivity index (χ1) is 15.9. The smallest absolute Gasteiger partial charge is 0.247 e. The van der Waals surface area contributed by atoms with E-state index in [2.05, 4.69) is 32.2 Å². The molecule has 0 unspecified atom stereocenters. The number of amides is 1. The Morgan fingerprint density at radius 3 is 2.91 bits per heavy atom. The Bertz CT molecular complexity index is 1230. The molecule has 0 bridgehead atoms. The van der Waals surface area contributed by atoms with Crippen molar-refractivity contribution in [2.45, 2.75) is 20.0 Å². The number of nitrogens with one attached hydrogen (secondary N) is 2. The van der Waals surface area contributed by atoms with Crippen molar-refractivity contribution in [1.29, 1.82) is 0 Å². The number of carbonyl (C=O) groups excluding carboxylic acids is 1. The maximum Gasteiger partial charge on any atom is 0.247 e. The lowest BCUT2D eigenvalue weighted by Crippen LogP contribution is -2.12. The molecule has 172 valence electrons. The van der Waals surface area contributed by atoms with Crippen LogP contribution in [0.15, 0.2) is 60.1 Å². The van der Waals surface area contributed by atoms with Gasteiger partial charge in [0.1, 0.15) is 0 Å². The molecule has 0 aliphatic carbocycles. The molecular formula is C23H26FN7O2. The Balaban J connectivity index is 1.91. The predicted octanol–water partition coefficient (Wildman–Crippen LogP) is 3.31. The summed E-state index contributed by atoms with van der Waals surface area (Å²) in [6, 6.07) is 5.32. The van der Waals surface area contributed by atoms with Crippen LogP contribution in [0.25, 0.3) is 16.7 Å². The van der Waals surface area contributed by atoms with E-state index in [0.29, 0.717) is 17.9 Å². The van der Waals surface area contributed by atoms with Gasteiger partial charge in [-0.3, -0.25) is 14.4 Å². The maximum absolute atomic E-state index is 14.7. The quantitative estimate of drug-likeness (QED) is 0.339. The number of fused-ring (bicyclic) bond motifs is 1. The summed E-state index contributed by atoms with van der Waals surface area (Å²) in [5, 5.41) is 6.50. The predicted molar refractivity (Wildman–Crippen MR) is 128 cm³/mol. The Kier molecular flexibility index (Phi) is 7.52. The number of benzene rings is 1. The number of methoxy groups -OCH3 is 1. The molecule has 2 aromatic heterocycles. The minimum Gasteiger partial charge on any atom is -0.403 e. The van der Waals surface area contributed by atoms with Crippen molar-refractivity contribution < 1.29 is 13.9 Å². The molecule has 4 N–H and O–H groups in total. The van der Waals surface area contributed by atoms with Gasteiger partial charge < -0.3 is 21.1 Å². The summed E-state index contributed by atoms with van der Waals surface area (Å²) in [6.45, 7) is 7.69. The molecule has 0 spiro atoms. The van der Waals surface area contributed by atoms with E-state index in [9.17, 15) is 9.18 Å². The number of nitrogens with two attached hydrogens (primary N) is 1. The molecule has 33 heavy (non-hydrogen) atoms. The van der Waals surface area contributed by atoms with E-state index in [1.165, 1.54) is 18.5 Å². The van der Waals surface area contributed by atoms with E-state index in [0.717, 1.165) is 22.7 Å². The Morgan fingerprint density at radius 1 is 1.42 bits per heavy atom. The van der Waals surface area contributed by atoms with Crippen LogP contribution in [0.1, 0.15) is 12.5 Å². The van der Waals surface area contributed by atoms with E-state index in [-0.39, 0.29) is 23.8 Å². The fraction of sp³-hybridized carbons (Fsp3) is 0.217. The van der Waals surface area contributed by atoms with Crippen LogP contribution in [0.5, 0.6) is 0 Å². The van der Waals surface area contributed by atoms with Crippen LogP contribution >= 0.6 is 0 Å². The molecule has 0 aliphatic heterocycles. The number of aliphatic imine (C=N–C) groups is 1. The number of anilines is 2. The third kappa shape index (κ3) is 5.60. The molecule has 1 aromatic carbocycles. The highest BCUT2D eigenvalue weighted by Gasteiger charge is 2.15. The zero-order valence-electron chi connectivity index (χ0n) is 18.7. The number of halogens is 1. The zero-order valence-corrected chi connectivity index (χ0v) is 18.7. The van der Waals surface area contributed by atoms with Gasteiger partial charge in [-0.05, 0) is 43.7 Å². The number of carbonyl (C=O) groups is 1. The minimum atomic E-state index is -0.595. The fourth-order valence-electron chi connectivity index (χ4n) is 3.05. The van der Waals surface area contributed by atoms with Gasteiger partial charge in [0.2, 0.25) is 11.9 Å². The monoisotopic (exact) mass is 451 g/mol. The number of hydrogen-bond donors (Lipinski definition) is 3. The number of aromatic nitrogens is 3. The topological polar surface area (TPSA) is 119 Å². The molecule has 0 aliphatic rings. The van der Waals surface area contributed by atoms with Gasteiger partial charge in [0.05, 0.1) is 30.1 Å². The van der Waals surface area contributed by atoms with E-state index in [1.54, 1.807) is 30.0 Å².